The number of carbonyl (C=O) groups excluding carboxylic acids is 2. The van der Waals surface area contributed by atoms with E-state index >= 15 is 0 Å². The second kappa shape index (κ2) is 7.03. The minimum Gasteiger partial charge on any atom is -0.383 e. The summed E-state index contributed by atoms with van der Waals surface area (Å²) in [5.41, 5.74) is 0. The molecule has 0 rings (SSSR count). The molecular formula is C8H14BrNO3. The van der Waals surface area contributed by atoms with Crippen molar-refractivity contribution in [3.63, 3.8) is 0 Å². The first-order valence-corrected chi connectivity index (χ1v) is 5.06. The zero-order valence-electron chi connectivity index (χ0n) is 7.88. The molecule has 0 aliphatic heterocycles. The van der Waals surface area contributed by atoms with Gasteiger partial charge in [-0.15, -0.1) is 0 Å². The molecule has 0 aromatic rings. The number of halogens is 1. The van der Waals surface area contributed by atoms with E-state index in [0.29, 0.717) is 13.2 Å². The van der Waals surface area contributed by atoms with Crippen LogP contribution in [0.25, 0.3) is 0 Å². The maximum Gasteiger partial charge on any atom is 0.219 e. The van der Waals surface area contributed by atoms with Gasteiger partial charge in [0.25, 0.3) is 0 Å². The third kappa shape index (κ3) is 5.76. The molecule has 0 saturated carbocycles. The van der Waals surface area contributed by atoms with Crippen molar-refractivity contribution >= 4 is 27.6 Å². The Bertz CT molecular complexity index is 184. The molecular weight excluding hydrogens is 238 g/mol. The highest BCUT2D eigenvalue weighted by Gasteiger charge is 2.11. The summed E-state index contributed by atoms with van der Waals surface area (Å²) >= 11 is 3.04. The predicted octanol–water partition coefficient (Wildman–Crippen LogP) is 0.445. The highest BCUT2D eigenvalue weighted by molar-refractivity contribution is 9.09. The van der Waals surface area contributed by atoms with Gasteiger partial charge in [0.15, 0.2) is 5.78 Å². The Morgan fingerprint density at radius 1 is 1.46 bits per heavy atom. The Kier molecular flexibility index (Phi) is 6.80. The molecule has 76 valence electrons. The van der Waals surface area contributed by atoms with Crippen molar-refractivity contribution in [1.82, 2.24) is 4.90 Å². The van der Waals surface area contributed by atoms with Crippen LogP contribution < -0.4 is 0 Å². The number of methoxy groups -OCH3 is 1. The van der Waals surface area contributed by atoms with Crippen LogP contribution in [0.4, 0.5) is 0 Å². The van der Waals surface area contributed by atoms with Gasteiger partial charge in [0.1, 0.15) is 0 Å². The topological polar surface area (TPSA) is 46.6 Å². The molecule has 1 amide bonds. The molecule has 0 aromatic heterocycles. The van der Waals surface area contributed by atoms with E-state index < -0.39 is 0 Å². The molecule has 0 aliphatic carbocycles. The lowest BCUT2D eigenvalue weighted by molar-refractivity contribution is -0.133. The van der Waals surface area contributed by atoms with Crippen molar-refractivity contribution in [2.24, 2.45) is 0 Å². The largest absolute Gasteiger partial charge is 0.383 e. The fourth-order valence-electron chi connectivity index (χ4n) is 0.804. The lowest BCUT2D eigenvalue weighted by Crippen LogP contribution is -2.36. The van der Waals surface area contributed by atoms with Crippen LogP contribution in [0.15, 0.2) is 0 Å². The first kappa shape index (κ1) is 12.6. The van der Waals surface area contributed by atoms with Crippen molar-refractivity contribution in [3.05, 3.63) is 0 Å². The Morgan fingerprint density at radius 3 is 2.46 bits per heavy atom. The summed E-state index contributed by atoms with van der Waals surface area (Å²) in [7, 11) is 1.56. The molecule has 4 nitrogen and oxygen atoms in total. The van der Waals surface area contributed by atoms with Gasteiger partial charge in [-0.2, -0.15) is 0 Å². The van der Waals surface area contributed by atoms with E-state index in [2.05, 4.69) is 15.9 Å². The molecule has 0 aliphatic rings. The molecule has 0 fully saturated rings. The third-order valence-electron chi connectivity index (χ3n) is 1.53. The van der Waals surface area contributed by atoms with Crippen LogP contribution >= 0.6 is 15.9 Å². The normalized spacial score (nSPS) is 9.77. The third-order valence-corrected chi connectivity index (χ3v) is 2.15. The molecule has 0 heterocycles. The van der Waals surface area contributed by atoms with Crippen molar-refractivity contribution in [2.75, 3.05) is 32.1 Å². The number of nitrogens with zero attached hydrogens (tertiary/aromatic N) is 1. The summed E-state index contributed by atoms with van der Waals surface area (Å²) in [5.74, 6) is -0.113. The molecule has 0 unspecified atom stereocenters. The van der Waals surface area contributed by atoms with Crippen LogP contribution in [0.5, 0.6) is 0 Å². The first-order chi connectivity index (χ1) is 6.11. The summed E-state index contributed by atoms with van der Waals surface area (Å²) in [6.07, 6.45) is 0. The molecule has 0 radical (unpaired) electrons. The average molecular weight is 252 g/mol. The standard InChI is InChI=1S/C8H14BrNO3/c1-7(11)10(3-4-13-2)6-8(12)5-9/h3-6H2,1-2H3. The number of ether oxygens (including phenoxy) is 1. The monoisotopic (exact) mass is 251 g/mol. The van der Waals surface area contributed by atoms with Gasteiger partial charge in [0.2, 0.25) is 5.91 Å². The molecule has 5 heteroatoms. The minimum atomic E-state index is -0.105. The van der Waals surface area contributed by atoms with E-state index in [-0.39, 0.29) is 23.6 Å². The zero-order chi connectivity index (χ0) is 10.3. The van der Waals surface area contributed by atoms with Crippen LogP contribution in [-0.4, -0.2) is 48.7 Å². The van der Waals surface area contributed by atoms with E-state index in [1.807, 2.05) is 0 Å². The average Bonchev–Trinajstić information content (AvgIpc) is 2.11. The Morgan fingerprint density at radius 2 is 2.08 bits per heavy atom. The Balaban J connectivity index is 3.94. The summed E-state index contributed by atoms with van der Waals surface area (Å²) in [5, 5.41) is 0.282. The maximum absolute atomic E-state index is 11.0. The van der Waals surface area contributed by atoms with E-state index in [1.54, 1.807) is 7.11 Å². The highest BCUT2D eigenvalue weighted by Crippen LogP contribution is 1.92. The molecule has 13 heavy (non-hydrogen) atoms. The van der Waals surface area contributed by atoms with E-state index in [0.717, 1.165) is 0 Å². The second-order valence-corrected chi connectivity index (χ2v) is 3.17. The van der Waals surface area contributed by atoms with E-state index in [1.165, 1.54) is 11.8 Å². The molecule has 0 atom stereocenters. The van der Waals surface area contributed by atoms with Gasteiger partial charge < -0.3 is 9.64 Å². The number of ketones is 1. The van der Waals surface area contributed by atoms with Crippen molar-refractivity contribution < 1.29 is 14.3 Å². The smallest absolute Gasteiger partial charge is 0.219 e. The minimum absolute atomic E-state index is 0.00805. The zero-order valence-corrected chi connectivity index (χ0v) is 9.46. The number of hydrogen-bond acceptors (Lipinski definition) is 3. The lowest BCUT2D eigenvalue weighted by atomic mass is 10.4. The number of amides is 1. The fraction of sp³-hybridized carbons (Fsp3) is 0.750. The van der Waals surface area contributed by atoms with E-state index in [9.17, 15) is 9.59 Å². The SMILES string of the molecule is COCCN(CC(=O)CBr)C(C)=O. The first-order valence-electron chi connectivity index (χ1n) is 3.94. The fourth-order valence-corrected chi connectivity index (χ4v) is 0.982. The van der Waals surface area contributed by atoms with Crippen LogP contribution in [0.3, 0.4) is 0 Å². The molecule has 0 spiro atoms. The summed E-state index contributed by atoms with van der Waals surface area (Å²) in [4.78, 5) is 23.5. The van der Waals surface area contributed by atoms with Gasteiger partial charge in [-0.05, 0) is 0 Å². The summed E-state index contributed by atoms with van der Waals surface area (Å²) in [6.45, 7) is 2.51. The lowest BCUT2D eigenvalue weighted by Gasteiger charge is -2.18. The quantitative estimate of drug-likeness (QED) is 0.644. The number of Topliss-reactive ketones (excluding diaryl/α,β-unsaturated/α-hetero) is 1. The molecule has 0 saturated heterocycles. The summed E-state index contributed by atoms with van der Waals surface area (Å²) < 4.78 is 4.82. The van der Waals surface area contributed by atoms with Gasteiger partial charge in [-0.25, -0.2) is 0 Å². The van der Waals surface area contributed by atoms with Crippen LogP contribution in [0.2, 0.25) is 0 Å². The second-order valence-electron chi connectivity index (χ2n) is 2.61. The number of carbonyl (C=O) groups is 2. The number of rotatable bonds is 6. The van der Waals surface area contributed by atoms with Crippen LogP contribution in [0.1, 0.15) is 6.92 Å². The Hall–Kier alpha value is -0.420. The number of alkyl halides is 1. The van der Waals surface area contributed by atoms with Gasteiger partial charge in [-0.1, -0.05) is 15.9 Å². The van der Waals surface area contributed by atoms with E-state index in [4.69, 9.17) is 4.74 Å². The van der Waals surface area contributed by atoms with Gasteiger partial charge >= 0.3 is 0 Å². The summed E-state index contributed by atoms with van der Waals surface area (Å²) in [6, 6.07) is 0. The Labute approximate surface area is 86.4 Å². The molecule has 0 aromatic carbocycles. The van der Waals surface area contributed by atoms with Gasteiger partial charge in [-0.3, -0.25) is 9.59 Å². The molecule has 0 bridgehead atoms. The van der Waals surface area contributed by atoms with Gasteiger partial charge in [0, 0.05) is 20.6 Å². The molecule has 0 N–H and O–H groups in total. The van der Waals surface area contributed by atoms with Crippen molar-refractivity contribution in [3.8, 4) is 0 Å². The van der Waals surface area contributed by atoms with Crippen LogP contribution in [0, 0.1) is 0 Å². The van der Waals surface area contributed by atoms with Crippen molar-refractivity contribution in [1.29, 1.82) is 0 Å². The van der Waals surface area contributed by atoms with Crippen molar-refractivity contribution in [2.45, 2.75) is 6.92 Å². The highest BCUT2D eigenvalue weighted by atomic mass is 79.9. The van der Waals surface area contributed by atoms with Gasteiger partial charge in [0.05, 0.1) is 18.5 Å². The van der Waals surface area contributed by atoms with Crippen LogP contribution in [-0.2, 0) is 14.3 Å². The predicted molar refractivity (Wildman–Crippen MR) is 52.9 cm³/mol. The number of hydrogen-bond donors (Lipinski definition) is 0. The maximum atomic E-state index is 11.0.